The molecule has 6 nitrogen and oxygen atoms in total. The van der Waals surface area contributed by atoms with Crippen molar-refractivity contribution in [2.75, 3.05) is 0 Å². The van der Waals surface area contributed by atoms with Gasteiger partial charge in [0.2, 0.25) is 5.91 Å². The normalized spacial score (nSPS) is 20.3. The van der Waals surface area contributed by atoms with Gasteiger partial charge in [0.05, 0.1) is 0 Å². The first-order valence-corrected chi connectivity index (χ1v) is 9.97. The van der Waals surface area contributed by atoms with Crippen LogP contribution >= 0.6 is 0 Å². The van der Waals surface area contributed by atoms with Crippen LogP contribution in [0.3, 0.4) is 0 Å². The average molecular weight is 411 g/mol. The van der Waals surface area contributed by atoms with Crippen molar-refractivity contribution in [3.63, 3.8) is 0 Å². The van der Waals surface area contributed by atoms with Crippen LogP contribution in [0.1, 0.15) is 55.0 Å². The molecule has 2 aromatic rings. The fourth-order valence-corrected chi connectivity index (χ4v) is 4.24. The molecule has 2 amide bonds. The number of esters is 1. The molecule has 0 radical (unpaired) electrons. The molecule has 156 valence electrons. The minimum atomic E-state index is -0.612. The van der Waals surface area contributed by atoms with Gasteiger partial charge >= 0.3 is 12.1 Å². The highest BCUT2D eigenvalue weighted by molar-refractivity contribution is 5.94. The molecule has 1 saturated heterocycles. The molecular formula is C23H22FNO5. The average Bonchev–Trinajstić information content (AvgIpc) is 3.21. The van der Waals surface area contributed by atoms with Gasteiger partial charge in [0, 0.05) is 19.8 Å². The molecule has 7 heteroatoms. The van der Waals surface area contributed by atoms with Gasteiger partial charge in [0.15, 0.2) is 0 Å². The summed E-state index contributed by atoms with van der Waals surface area (Å²) in [4.78, 5) is 37.8. The number of rotatable bonds is 6. The van der Waals surface area contributed by atoms with Crippen molar-refractivity contribution in [1.29, 1.82) is 0 Å². The number of fused-ring (bicyclic) bond motifs is 3. The molecule has 0 aromatic heterocycles. The molecule has 0 spiro atoms. The lowest BCUT2D eigenvalue weighted by molar-refractivity contribution is -0.147. The van der Waals surface area contributed by atoms with E-state index in [2.05, 4.69) is 0 Å². The molecule has 30 heavy (non-hydrogen) atoms. The predicted octanol–water partition coefficient (Wildman–Crippen LogP) is 4.25. The van der Waals surface area contributed by atoms with Crippen molar-refractivity contribution in [1.82, 2.24) is 4.90 Å². The first kappa shape index (κ1) is 20.1. The van der Waals surface area contributed by atoms with Crippen LogP contribution in [0.25, 0.3) is 0 Å². The zero-order valence-electron chi connectivity index (χ0n) is 16.5. The summed E-state index contributed by atoms with van der Waals surface area (Å²) < 4.78 is 24.0. The third-order valence-electron chi connectivity index (χ3n) is 5.55. The monoisotopic (exact) mass is 411 g/mol. The van der Waals surface area contributed by atoms with E-state index in [1.165, 1.54) is 24.0 Å². The number of imide groups is 1. The Bertz CT molecular complexity index is 974. The molecule has 3 atom stereocenters. The number of ether oxygens (including phenoxy) is 2. The molecular weight excluding hydrogens is 389 g/mol. The van der Waals surface area contributed by atoms with Gasteiger partial charge in [-0.15, -0.1) is 0 Å². The topological polar surface area (TPSA) is 72.9 Å². The Balaban J connectivity index is 1.41. The summed E-state index contributed by atoms with van der Waals surface area (Å²) >= 11 is 0. The van der Waals surface area contributed by atoms with Crippen LogP contribution in [-0.2, 0) is 25.5 Å². The van der Waals surface area contributed by atoms with Gasteiger partial charge in [-0.25, -0.2) is 14.1 Å². The lowest BCUT2D eigenvalue weighted by Gasteiger charge is -2.21. The summed E-state index contributed by atoms with van der Waals surface area (Å²) in [6, 6.07) is 13.1. The van der Waals surface area contributed by atoms with Gasteiger partial charge in [-0.2, -0.15) is 0 Å². The van der Waals surface area contributed by atoms with Crippen LogP contribution in [0.4, 0.5) is 9.18 Å². The van der Waals surface area contributed by atoms with Crippen LogP contribution in [0, 0.1) is 5.82 Å². The van der Waals surface area contributed by atoms with E-state index >= 15 is 0 Å². The highest BCUT2D eigenvalue weighted by Crippen LogP contribution is 2.43. The lowest BCUT2D eigenvalue weighted by Crippen LogP contribution is -2.34. The third-order valence-corrected chi connectivity index (χ3v) is 5.55. The van der Waals surface area contributed by atoms with E-state index in [1.54, 1.807) is 12.1 Å². The van der Waals surface area contributed by atoms with Gasteiger partial charge in [-0.05, 0) is 41.7 Å². The van der Waals surface area contributed by atoms with E-state index in [-0.39, 0.29) is 30.3 Å². The van der Waals surface area contributed by atoms with Crippen molar-refractivity contribution in [3.8, 4) is 0 Å². The second-order valence-corrected chi connectivity index (χ2v) is 7.58. The molecule has 1 fully saturated rings. The molecule has 0 saturated carbocycles. The van der Waals surface area contributed by atoms with Crippen molar-refractivity contribution in [2.45, 2.75) is 50.9 Å². The number of hydrogen-bond acceptors (Lipinski definition) is 5. The number of hydrogen-bond donors (Lipinski definition) is 0. The molecule has 2 aromatic carbocycles. The fourth-order valence-electron chi connectivity index (χ4n) is 4.24. The molecule has 0 unspecified atom stereocenters. The van der Waals surface area contributed by atoms with Gasteiger partial charge in [0.1, 0.15) is 24.1 Å². The molecule has 2 aliphatic rings. The number of carbonyl (C=O) groups excluding carboxylic acids is 3. The first-order chi connectivity index (χ1) is 14.4. The Morgan fingerprint density at radius 2 is 1.93 bits per heavy atom. The summed E-state index contributed by atoms with van der Waals surface area (Å²) in [5.41, 5.74) is 2.69. The predicted molar refractivity (Wildman–Crippen MR) is 105 cm³/mol. The molecule has 0 N–H and O–H groups in total. The van der Waals surface area contributed by atoms with Gasteiger partial charge < -0.3 is 9.47 Å². The van der Waals surface area contributed by atoms with Gasteiger partial charge in [-0.3, -0.25) is 9.59 Å². The van der Waals surface area contributed by atoms with E-state index in [9.17, 15) is 18.8 Å². The molecule has 1 aliphatic carbocycles. The minimum Gasteiger partial charge on any atom is -0.458 e. The van der Waals surface area contributed by atoms with Crippen molar-refractivity contribution < 1.29 is 28.2 Å². The summed E-state index contributed by atoms with van der Waals surface area (Å²) in [5, 5.41) is 0. The zero-order chi connectivity index (χ0) is 21.3. The van der Waals surface area contributed by atoms with E-state index in [1.807, 2.05) is 24.3 Å². The standard InChI is InChI=1S/C23H22FNO5/c1-14(26)29-19(15-9-11-17(24)12-10-15)7-4-8-21(27)25-22-18-6-3-2-5-16(18)13-20(22)30-23(25)28/h2-3,5-6,9-12,19-20,22H,4,7-8,13H2,1H3/t19-,20-,22+/m0/s1. The maximum atomic E-state index is 13.2. The number of benzene rings is 2. The van der Waals surface area contributed by atoms with E-state index < -0.39 is 18.2 Å². The zero-order valence-corrected chi connectivity index (χ0v) is 16.5. The smallest absolute Gasteiger partial charge is 0.417 e. The summed E-state index contributed by atoms with van der Waals surface area (Å²) in [5.74, 6) is -1.15. The Labute approximate surface area is 173 Å². The lowest BCUT2D eigenvalue weighted by atomic mass is 10.0. The molecule has 0 bridgehead atoms. The Kier molecular flexibility index (Phi) is 5.53. The Morgan fingerprint density at radius 1 is 1.20 bits per heavy atom. The van der Waals surface area contributed by atoms with E-state index in [4.69, 9.17) is 9.47 Å². The second-order valence-electron chi connectivity index (χ2n) is 7.58. The van der Waals surface area contributed by atoms with Crippen molar-refractivity contribution in [3.05, 3.63) is 71.0 Å². The number of amides is 2. The maximum absolute atomic E-state index is 13.2. The second kappa shape index (κ2) is 8.26. The Hall–Kier alpha value is -3.22. The first-order valence-electron chi connectivity index (χ1n) is 9.97. The quantitative estimate of drug-likeness (QED) is 0.665. The summed E-state index contributed by atoms with van der Waals surface area (Å²) in [6.07, 6.45) is -0.0380. The van der Waals surface area contributed by atoms with Crippen molar-refractivity contribution >= 4 is 18.0 Å². The minimum absolute atomic E-state index is 0.111. The van der Waals surface area contributed by atoms with Crippen LogP contribution in [0.15, 0.2) is 48.5 Å². The van der Waals surface area contributed by atoms with Crippen molar-refractivity contribution in [2.24, 2.45) is 0 Å². The van der Waals surface area contributed by atoms with Crippen LogP contribution in [-0.4, -0.2) is 29.0 Å². The molecule has 1 heterocycles. The number of nitrogens with zero attached hydrogens (tertiary/aromatic N) is 1. The molecule has 4 rings (SSSR count). The van der Waals surface area contributed by atoms with Crippen LogP contribution < -0.4 is 0 Å². The third kappa shape index (κ3) is 3.92. The highest BCUT2D eigenvalue weighted by Gasteiger charge is 2.49. The SMILES string of the molecule is CC(=O)O[C@@H](CCCC(=O)N1C(=O)O[C@H]2Cc3ccccc3[C@H]21)c1ccc(F)cc1. The Morgan fingerprint density at radius 3 is 2.67 bits per heavy atom. The van der Waals surface area contributed by atoms with Gasteiger partial charge in [-0.1, -0.05) is 36.4 Å². The number of carbonyl (C=O) groups is 3. The number of halogens is 1. The molecule has 1 aliphatic heterocycles. The maximum Gasteiger partial charge on any atom is 0.417 e. The van der Waals surface area contributed by atoms with E-state index in [0.29, 0.717) is 24.8 Å². The van der Waals surface area contributed by atoms with Gasteiger partial charge in [0.25, 0.3) is 0 Å². The van der Waals surface area contributed by atoms with E-state index in [0.717, 1.165) is 11.1 Å². The summed E-state index contributed by atoms with van der Waals surface area (Å²) in [7, 11) is 0. The fraction of sp³-hybridized carbons (Fsp3) is 0.348. The highest BCUT2D eigenvalue weighted by atomic mass is 19.1. The van der Waals surface area contributed by atoms with Crippen LogP contribution in [0.2, 0.25) is 0 Å². The van der Waals surface area contributed by atoms with Crippen LogP contribution in [0.5, 0.6) is 0 Å². The summed E-state index contributed by atoms with van der Waals surface area (Å²) in [6.45, 7) is 1.31. The largest absolute Gasteiger partial charge is 0.458 e.